The molecule has 2 saturated heterocycles. The van der Waals surface area contributed by atoms with E-state index in [0.717, 1.165) is 18.2 Å². The van der Waals surface area contributed by atoms with Gasteiger partial charge in [-0.15, -0.1) is 18.3 Å². The number of rotatable bonds is 14. The van der Waals surface area contributed by atoms with Crippen LogP contribution < -0.4 is 21.3 Å². The Labute approximate surface area is 271 Å². The third kappa shape index (κ3) is 11.2. The highest BCUT2D eigenvalue weighted by Gasteiger charge is 2.43. The zero-order valence-corrected chi connectivity index (χ0v) is 28.6. The highest BCUT2D eigenvalue weighted by molar-refractivity contribution is 8.00. The van der Waals surface area contributed by atoms with Crippen molar-refractivity contribution >= 4 is 47.4 Å². The van der Waals surface area contributed by atoms with E-state index >= 15 is 0 Å². The van der Waals surface area contributed by atoms with Gasteiger partial charge < -0.3 is 35.8 Å². The van der Waals surface area contributed by atoms with E-state index in [9.17, 15) is 28.8 Å². The number of urea groups is 1. The maximum Gasteiger partial charge on any atom is 0.409 e. The van der Waals surface area contributed by atoms with Crippen molar-refractivity contribution in [2.24, 2.45) is 10.8 Å². The number of nitrogens with zero attached hydrogens (tertiary/aromatic N) is 2. The van der Waals surface area contributed by atoms with Gasteiger partial charge in [0.25, 0.3) is 11.7 Å². The molecule has 0 aromatic heterocycles. The highest BCUT2D eigenvalue weighted by atomic mass is 32.2. The molecule has 0 aromatic rings. The lowest BCUT2D eigenvalue weighted by Gasteiger charge is -2.38. The zero-order chi connectivity index (χ0) is 33.9. The van der Waals surface area contributed by atoms with Crippen molar-refractivity contribution in [3.05, 3.63) is 12.7 Å². The average molecular weight is 653 g/mol. The lowest BCUT2D eigenvalue weighted by molar-refractivity contribution is -0.143. The predicted octanol–water partition coefficient (Wildman–Crippen LogP) is 2.41. The molecular formula is C31H52N6O7S. The largest absolute Gasteiger partial charge is 0.449 e. The Balaban J connectivity index is 2.18. The first-order chi connectivity index (χ1) is 21.0. The summed E-state index contributed by atoms with van der Waals surface area (Å²) in [6.45, 7) is 18.3. The number of carbonyl (C=O) groups excluding carboxylic acids is 6. The summed E-state index contributed by atoms with van der Waals surface area (Å²) in [5.41, 5.74) is -1.13. The van der Waals surface area contributed by atoms with Gasteiger partial charge in [-0.3, -0.25) is 19.2 Å². The highest BCUT2D eigenvalue weighted by Crippen LogP contribution is 2.27. The molecule has 4 atom stereocenters. The van der Waals surface area contributed by atoms with E-state index < -0.39 is 70.0 Å². The minimum atomic E-state index is -1.10. The lowest BCUT2D eigenvalue weighted by Crippen LogP contribution is -2.62. The van der Waals surface area contributed by atoms with Gasteiger partial charge in [0, 0.05) is 26.2 Å². The Kier molecular flexibility index (Phi) is 14.2. The quantitative estimate of drug-likeness (QED) is 0.126. The van der Waals surface area contributed by atoms with Gasteiger partial charge in [0.05, 0.1) is 12.6 Å². The normalized spacial score (nSPS) is 19.1. The molecule has 0 spiro atoms. The molecular weight excluding hydrogens is 600 g/mol. The van der Waals surface area contributed by atoms with Gasteiger partial charge in [-0.1, -0.05) is 54.5 Å². The molecule has 0 bridgehead atoms. The van der Waals surface area contributed by atoms with Crippen LogP contribution in [0.4, 0.5) is 9.59 Å². The zero-order valence-electron chi connectivity index (χ0n) is 27.8. The fraction of sp³-hybridized carbons (Fsp3) is 0.742. The molecule has 2 aliphatic heterocycles. The van der Waals surface area contributed by atoms with E-state index in [1.54, 1.807) is 4.90 Å². The van der Waals surface area contributed by atoms with Crippen LogP contribution in [0.5, 0.6) is 0 Å². The second-order valence-corrected chi connectivity index (χ2v) is 14.8. The number of carbonyl (C=O) groups is 6. The molecule has 0 aliphatic carbocycles. The number of Topliss-reactive ketones (excluding diaryl/α,β-unsaturated/α-hetero) is 1. The minimum Gasteiger partial charge on any atom is -0.449 e. The van der Waals surface area contributed by atoms with E-state index in [4.69, 9.17) is 4.74 Å². The molecule has 14 heteroatoms. The van der Waals surface area contributed by atoms with Gasteiger partial charge in [0.1, 0.15) is 17.5 Å². The Morgan fingerprint density at radius 2 is 1.71 bits per heavy atom. The van der Waals surface area contributed by atoms with Crippen molar-refractivity contribution in [2.75, 3.05) is 38.5 Å². The van der Waals surface area contributed by atoms with Gasteiger partial charge in [-0.25, -0.2) is 9.59 Å². The van der Waals surface area contributed by atoms with E-state index in [1.165, 1.54) is 11.0 Å². The van der Waals surface area contributed by atoms with Crippen LogP contribution in [-0.2, 0) is 23.9 Å². The standard InChI is InChI=1S/C31H52N6O7S/c1-9-14-32-25(40)22(38)26(45-18-10-2)35-24(39)20-13-11-16-37(20)27(41)23(31(6,7)8)34-28(42)33-21(30(3,4)5)19-36-15-12-17-44-29(36)43/h9,20-21,23,26H,1,10-19H2,2-8H3,(H,32,40)(H,35,39)(H2,33,34,42)/t20-,21+,23+,26?/m0/s1. The van der Waals surface area contributed by atoms with Crippen LogP contribution in [0.2, 0.25) is 0 Å². The summed E-state index contributed by atoms with van der Waals surface area (Å²) in [5, 5.41) is 9.83. The molecule has 13 nitrogen and oxygen atoms in total. The maximum absolute atomic E-state index is 14.0. The number of ketones is 1. The van der Waals surface area contributed by atoms with Crippen LogP contribution in [-0.4, -0.2) is 107 Å². The molecule has 0 saturated carbocycles. The van der Waals surface area contributed by atoms with Crippen LogP contribution in [0.1, 0.15) is 74.1 Å². The number of hydrogen-bond donors (Lipinski definition) is 4. The minimum absolute atomic E-state index is 0.116. The summed E-state index contributed by atoms with van der Waals surface area (Å²) in [6, 6.07) is -2.86. The Bertz CT molecular complexity index is 1100. The number of nitrogens with one attached hydrogen (secondary N) is 4. The van der Waals surface area contributed by atoms with Crippen LogP contribution in [0.15, 0.2) is 12.7 Å². The van der Waals surface area contributed by atoms with Crippen LogP contribution >= 0.6 is 11.8 Å². The van der Waals surface area contributed by atoms with Crippen molar-refractivity contribution in [3.63, 3.8) is 0 Å². The van der Waals surface area contributed by atoms with E-state index in [-0.39, 0.29) is 13.1 Å². The number of amides is 6. The molecule has 0 radical (unpaired) electrons. The number of thioether (sulfide) groups is 1. The second-order valence-electron chi connectivity index (χ2n) is 13.6. The fourth-order valence-electron chi connectivity index (χ4n) is 4.98. The molecule has 0 aromatic carbocycles. The Morgan fingerprint density at radius 1 is 1.02 bits per heavy atom. The van der Waals surface area contributed by atoms with Crippen molar-refractivity contribution in [3.8, 4) is 0 Å². The Hall–Kier alpha value is -3.29. The summed E-state index contributed by atoms with van der Waals surface area (Å²) >= 11 is 1.16. The summed E-state index contributed by atoms with van der Waals surface area (Å²) in [5.74, 6) is -2.01. The number of ether oxygens (including phenoxy) is 1. The van der Waals surface area contributed by atoms with Crippen molar-refractivity contribution in [1.29, 1.82) is 0 Å². The van der Waals surface area contributed by atoms with Crippen molar-refractivity contribution < 1.29 is 33.5 Å². The van der Waals surface area contributed by atoms with E-state index in [1.807, 2.05) is 48.5 Å². The van der Waals surface area contributed by atoms with Gasteiger partial charge in [-0.2, -0.15) is 0 Å². The summed E-state index contributed by atoms with van der Waals surface area (Å²) in [4.78, 5) is 81.3. The number of hydrogen-bond acceptors (Lipinski definition) is 8. The summed E-state index contributed by atoms with van der Waals surface area (Å²) < 4.78 is 5.15. The number of likely N-dealkylation sites (tertiary alicyclic amines) is 1. The molecule has 4 N–H and O–H groups in total. The Morgan fingerprint density at radius 3 is 2.29 bits per heavy atom. The number of cyclic esters (lactones) is 1. The molecule has 2 aliphatic rings. The smallest absolute Gasteiger partial charge is 0.409 e. The van der Waals surface area contributed by atoms with E-state index in [0.29, 0.717) is 44.7 Å². The molecule has 2 rings (SSSR count). The van der Waals surface area contributed by atoms with Gasteiger partial charge >= 0.3 is 12.1 Å². The van der Waals surface area contributed by atoms with Crippen LogP contribution in [0, 0.1) is 10.8 Å². The SMILES string of the molecule is C=CCNC(=O)C(=O)C(NC(=O)[C@@H]1CCCN1C(=O)[C@@H](NC(=O)N[C@H](CN1CCCOC1=O)C(C)(C)C)C(C)(C)C)SCCC. The molecule has 254 valence electrons. The first-order valence-corrected chi connectivity index (χ1v) is 16.7. The van der Waals surface area contributed by atoms with Crippen LogP contribution in [0.3, 0.4) is 0 Å². The third-order valence-electron chi connectivity index (χ3n) is 7.67. The average Bonchev–Trinajstić information content (AvgIpc) is 3.46. The second kappa shape index (κ2) is 16.9. The molecule has 2 heterocycles. The van der Waals surface area contributed by atoms with Gasteiger partial charge in [0.15, 0.2) is 0 Å². The van der Waals surface area contributed by atoms with Crippen LogP contribution in [0.25, 0.3) is 0 Å². The third-order valence-corrected chi connectivity index (χ3v) is 8.98. The van der Waals surface area contributed by atoms with Gasteiger partial charge in [-0.05, 0) is 42.3 Å². The molecule has 2 fully saturated rings. The van der Waals surface area contributed by atoms with Crippen molar-refractivity contribution in [2.45, 2.75) is 97.6 Å². The molecule has 6 amide bonds. The van der Waals surface area contributed by atoms with E-state index in [2.05, 4.69) is 27.8 Å². The van der Waals surface area contributed by atoms with Crippen molar-refractivity contribution in [1.82, 2.24) is 31.1 Å². The lowest BCUT2D eigenvalue weighted by atomic mass is 9.85. The molecule has 45 heavy (non-hydrogen) atoms. The monoisotopic (exact) mass is 652 g/mol. The summed E-state index contributed by atoms with van der Waals surface area (Å²) in [7, 11) is 0. The van der Waals surface area contributed by atoms with Gasteiger partial charge in [0.2, 0.25) is 11.8 Å². The molecule has 1 unspecified atom stereocenters. The first kappa shape index (κ1) is 37.9. The first-order valence-electron chi connectivity index (χ1n) is 15.6. The predicted molar refractivity (Wildman–Crippen MR) is 173 cm³/mol. The topological polar surface area (TPSA) is 166 Å². The fourth-order valence-corrected chi connectivity index (χ4v) is 5.91. The maximum atomic E-state index is 14.0. The summed E-state index contributed by atoms with van der Waals surface area (Å²) in [6.07, 6.45) is 3.40.